The van der Waals surface area contributed by atoms with E-state index in [0.717, 1.165) is 32.4 Å². The van der Waals surface area contributed by atoms with E-state index >= 15 is 0 Å². The Morgan fingerprint density at radius 3 is 2.68 bits per heavy atom. The zero-order chi connectivity index (χ0) is 13.7. The molecule has 0 atom stereocenters. The van der Waals surface area contributed by atoms with Crippen molar-refractivity contribution < 1.29 is 14.3 Å². The van der Waals surface area contributed by atoms with E-state index in [4.69, 9.17) is 5.11 Å². The fourth-order valence-electron chi connectivity index (χ4n) is 2.16. The Morgan fingerprint density at radius 1 is 1.32 bits per heavy atom. The van der Waals surface area contributed by atoms with Gasteiger partial charge in [0.25, 0.3) is 5.91 Å². The topological polar surface area (TPSA) is 40.5 Å². The summed E-state index contributed by atoms with van der Waals surface area (Å²) in [6.45, 7) is 1.17. The Hall–Kier alpha value is -1.86. The number of carbonyl (C=O) groups is 1. The number of halogens is 1. The van der Waals surface area contributed by atoms with Crippen molar-refractivity contribution in [3.8, 4) is 11.8 Å². The first-order valence-electron chi connectivity index (χ1n) is 6.41. The number of hydrogen-bond acceptors (Lipinski definition) is 2. The molecule has 1 aliphatic rings. The Bertz CT molecular complexity index is 525. The summed E-state index contributed by atoms with van der Waals surface area (Å²) in [6.07, 6.45) is 3.16. The van der Waals surface area contributed by atoms with Gasteiger partial charge < -0.3 is 10.0 Å². The summed E-state index contributed by atoms with van der Waals surface area (Å²) in [5.74, 6) is 4.25. The lowest BCUT2D eigenvalue weighted by Crippen LogP contribution is -2.35. The third-order valence-electron chi connectivity index (χ3n) is 3.16. The number of nitrogens with zero attached hydrogens (tertiary/aromatic N) is 1. The van der Waals surface area contributed by atoms with Crippen LogP contribution in [0.25, 0.3) is 0 Å². The van der Waals surface area contributed by atoms with Crippen molar-refractivity contribution in [1.29, 1.82) is 0 Å². The minimum atomic E-state index is -0.524. The van der Waals surface area contributed by atoms with Crippen LogP contribution in [0.1, 0.15) is 35.2 Å². The van der Waals surface area contributed by atoms with E-state index in [-0.39, 0.29) is 18.1 Å². The van der Waals surface area contributed by atoms with E-state index in [2.05, 4.69) is 11.8 Å². The third-order valence-corrected chi connectivity index (χ3v) is 3.16. The van der Waals surface area contributed by atoms with E-state index in [9.17, 15) is 9.18 Å². The number of likely N-dealkylation sites (tertiary alicyclic amines) is 1. The number of amides is 1. The average Bonchev–Trinajstić information content (AvgIpc) is 2.46. The van der Waals surface area contributed by atoms with Gasteiger partial charge in [-0.2, -0.15) is 0 Å². The van der Waals surface area contributed by atoms with E-state index in [1.54, 1.807) is 11.0 Å². The lowest BCUT2D eigenvalue weighted by Gasteiger charge is -2.26. The predicted octanol–water partition coefficient (Wildman–Crippen LogP) is 1.80. The van der Waals surface area contributed by atoms with Gasteiger partial charge in [0.2, 0.25) is 0 Å². The van der Waals surface area contributed by atoms with Gasteiger partial charge >= 0.3 is 0 Å². The standard InChI is InChI=1S/C15H16FNO2/c16-14-11-13(7-6-12(14)5-4-10-18)15(19)17-8-2-1-3-9-17/h6-7,11,18H,1-3,8-10H2. The molecule has 0 bridgehead atoms. The van der Waals surface area contributed by atoms with Crippen LogP contribution in [0, 0.1) is 17.7 Å². The van der Waals surface area contributed by atoms with Gasteiger partial charge in [-0.3, -0.25) is 4.79 Å². The van der Waals surface area contributed by atoms with E-state index in [1.807, 2.05) is 0 Å². The van der Waals surface area contributed by atoms with Crippen molar-refractivity contribution >= 4 is 5.91 Å². The molecule has 0 aromatic heterocycles. The van der Waals surface area contributed by atoms with E-state index in [1.165, 1.54) is 12.1 Å². The monoisotopic (exact) mass is 261 g/mol. The van der Waals surface area contributed by atoms with Gasteiger partial charge in [0, 0.05) is 18.7 Å². The molecule has 19 heavy (non-hydrogen) atoms. The van der Waals surface area contributed by atoms with Gasteiger partial charge in [-0.25, -0.2) is 4.39 Å². The second-order valence-corrected chi connectivity index (χ2v) is 4.51. The summed E-state index contributed by atoms with van der Waals surface area (Å²) in [4.78, 5) is 13.9. The summed E-state index contributed by atoms with van der Waals surface area (Å²) in [6, 6.07) is 4.29. The first-order chi connectivity index (χ1) is 9.22. The van der Waals surface area contributed by atoms with Crippen molar-refractivity contribution in [3.05, 3.63) is 35.1 Å². The van der Waals surface area contributed by atoms with Crippen LogP contribution in [0.15, 0.2) is 18.2 Å². The highest BCUT2D eigenvalue weighted by Gasteiger charge is 2.18. The number of aliphatic hydroxyl groups excluding tert-OH is 1. The fourth-order valence-corrected chi connectivity index (χ4v) is 2.16. The molecule has 1 amide bonds. The first kappa shape index (κ1) is 13.6. The molecule has 2 rings (SSSR count). The highest BCUT2D eigenvalue weighted by atomic mass is 19.1. The van der Waals surface area contributed by atoms with Crippen molar-refractivity contribution in [2.75, 3.05) is 19.7 Å². The molecule has 1 aromatic rings. The number of hydrogen-bond donors (Lipinski definition) is 1. The zero-order valence-electron chi connectivity index (χ0n) is 10.7. The largest absolute Gasteiger partial charge is 0.384 e. The van der Waals surface area contributed by atoms with Crippen LogP contribution < -0.4 is 0 Å². The molecule has 100 valence electrons. The Balaban J connectivity index is 2.16. The lowest BCUT2D eigenvalue weighted by atomic mass is 10.1. The van der Waals surface area contributed by atoms with Crippen LogP contribution in [-0.2, 0) is 0 Å². The van der Waals surface area contributed by atoms with Crippen LogP contribution in [0.4, 0.5) is 4.39 Å². The SMILES string of the molecule is O=C(c1ccc(C#CCO)c(F)c1)N1CCCCC1. The highest BCUT2D eigenvalue weighted by Crippen LogP contribution is 2.15. The summed E-state index contributed by atoms with van der Waals surface area (Å²) in [5.41, 5.74) is 0.554. The molecule has 1 aromatic carbocycles. The number of carbonyl (C=O) groups excluding carboxylic acids is 1. The Morgan fingerprint density at radius 2 is 2.05 bits per heavy atom. The molecule has 0 saturated carbocycles. The van der Waals surface area contributed by atoms with E-state index in [0.29, 0.717) is 5.56 Å². The third kappa shape index (κ3) is 3.33. The van der Waals surface area contributed by atoms with Gasteiger partial charge in [-0.05, 0) is 37.5 Å². The second kappa shape index (κ2) is 6.35. The van der Waals surface area contributed by atoms with E-state index < -0.39 is 5.82 Å². The number of rotatable bonds is 1. The molecule has 0 radical (unpaired) electrons. The maximum Gasteiger partial charge on any atom is 0.253 e. The maximum absolute atomic E-state index is 13.7. The number of benzene rings is 1. The molecule has 1 N–H and O–H groups in total. The van der Waals surface area contributed by atoms with Gasteiger partial charge in [-0.15, -0.1) is 0 Å². The van der Waals surface area contributed by atoms with Crippen LogP contribution in [0.2, 0.25) is 0 Å². The maximum atomic E-state index is 13.7. The average molecular weight is 261 g/mol. The summed E-state index contributed by atoms with van der Waals surface area (Å²) >= 11 is 0. The smallest absolute Gasteiger partial charge is 0.253 e. The minimum absolute atomic E-state index is 0.125. The van der Waals surface area contributed by atoms with Crippen LogP contribution in [0.3, 0.4) is 0 Å². The summed E-state index contributed by atoms with van der Waals surface area (Å²) in [5, 5.41) is 8.57. The predicted molar refractivity (Wildman–Crippen MR) is 70.1 cm³/mol. The molecule has 1 saturated heterocycles. The van der Waals surface area contributed by atoms with Gasteiger partial charge in [0.15, 0.2) is 0 Å². The number of piperidine rings is 1. The normalized spacial score (nSPS) is 14.7. The van der Waals surface area contributed by atoms with Crippen LogP contribution in [-0.4, -0.2) is 35.6 Å². The Labute approximate surface area is 112 Å². The molecular formula is C15H16FNO2. The molecule has 0 spiro atoms. The Kier molecular flexibility index (Phi) is 4.53. The quantitative estimate of drug-likeness (QED) is 0.783. The van der Waals surface area contributed by atoms with Gasteiger partial charge in [-0.1, -0.05) is 11.8 Å². The highest BCUT2D eigenvalue weighted by molar-refractivity contribution is 5.94. The molecule has 3 nitrogen and oxygen atoms in total. The number of aliphatic hydroxyl groups is 1. The fraction of sp³-hybridized carbons (Fsp3) is 0.400. The molecule has 0 aliphatic carbocycles. The van der Waals surface area contributed by atoms with Gasteiger partial charge in [0.1, 0.15) is 12.4 Å². The van der Waals surface area contributed by atoms with Crippen molar-refractivity contribution in [3.63, 3.8) is 0 Å². The summed E-state index contributed by atoms with van der Waals surface area (Å²) in [7, 11) is 0. The lowest BCUT2D eigenvalue weighted by molar-refractivity contribution is 0.0724. The molecule has 4 heteroatoms. The minimum Gasteiger partial charge on any atom is -0.384 e. The molecule has 1 fully saturated rings. The second-order valence-electron chi connectivity index (χ2n) is 4.51. The zero-order valence-corrected chi connectivity index (χ0v) is 10.7. The van der Waals surface area contributed by atoms with Gasteiger partial charge in [0.05, 0.1) is 5.56 Å². The summed E-state index contributed by atoms with van der Waals surface area (Å²) < 4.78 is 13.7. The van der Waals surface area contributed by atoms with Crippen LogP contribution >= 0.6 is 0 Å². The molecule has 0 unspecified atom stereocenters. The first-order valence-corrected chi connectivity index (χ1v) is 6.41. The van der Waals surface area contributed by atoms with Crippen LogP contribution in [0.5, 0.6) is 0 Å². The van der Waals surface area contributed by atoms with Crippen molar-refractivity contribution in [2.24, 2.45) is 0 Å². The molecule has 1 heterocycles. The molecule has 1 aliphatic heterocycles. The van der Waals surface area contributed by atoms with Crippen molar-refractivity contribution in [1.82, 2.24) is 4.90 Å². The molecular weight excluding hydrogens is 245 g/mol. The van der Waals surface area contributed by atoms with Crippen molar-refractivity contribution in [2.45, 2.75) is 19.3 Å².